The van der Waals surface area contributed by atoms with Crippen LogP contribution in [0, 0.1) is 17.0 Å². The predicted octanol–water partition coefficient (Wildman–Crippen LogP) is 2.34. The van der Waals surface area contributed by atoms with Gasteiger partial charge in [0, 0.05) is 37.5 Å². The summed E-state index contributed by atoms with van der Waals surface area (Å²) in [6.07, 6.45) is -0.613. The Hall–Kier alpha value is -2.64. The zero-order valence-corrected chi connectivity index (χ0v) is 14.1. The van der Waals surface area contributed by atoms with Crippen molar-refractivity contribution in [2.75, 3.05) is 31.6 Å². The summed E-state index contributed by atoms with van der Waals surface area (Å²) in [7, 11) is 0. The van der Waals surface area contributed by atoms with Crippen LogP contribution in [0.15, 0.2) is 48.5 Å². The van der Waals surface area contributed by atoms with Gasteiger partial charge in [-0.3, -0.25) is 10.1 Å². The maximum atomic E-state index is 10.7. The molecule has 25 heavy (non-hydrogen) atoms. The second-order valence-corrected chi connectivity index (χ2v) is 5.72. The summed E-state index contributed by atoms with van der Waals surface area (Å²) in [6, 6.07) is 14.0. The molecular formula is C18H23N3O4. The van der Waals surface area contributed by atoms with Gasteiger partial charge in [-0.25, -0.2) is 0 Å². The number of rotatable bonds is 10. The van der Waals surface area contributed by atoms with E-state index in [4.69, 9.17) is 4.74 Å². The van der Waals surface area contributed by atoms with E-state index in [2.05, 4.69) is 10.6 Å². The monoisotopic (exact) mass is 345 g/mol. The van der Waals surface area contributed by atoms with E-state index in [9.17, 15) is 15.2 Å². The second-order valence-electron chi connectivity index (χ2n) is 5.72. The molecule has 7 heteroatoms. The van der Waals surface area contributed by atoms with E-state index < -0.39 is 11.0 Å². The van der Waals surface area contributed by atoms with Crippen LogP contribution in [0.3, 0.4) is 0 Å². The van der Waals surface area contributed by atoms with Crippen molar-refractivity contribution in [3.63, 3.8) is 0 Å². The summed E-state index contributed by atoms with van der Waals surface area (Å²) >= 11 is 0. The van der Waals surface area contributed by atoms with Gasteiger partial charge in [-0.15, -0.1) is 0 Å². The molecule has 1 atom stereocenters. The van der Waals surface area contributed by atoms with Gasteiger partial charge in [0.1, 0.15) is 18.5 Å². The lowest BCUT2D eigenvalue weighted by Crippen LogP contribution is -2.34. The number of non-ortho nitro benzene ring substituents is 1. The Morgan fingerprint density at radius 3 is 2.76 bits per heavy atom. The highest BCUT2D eigenvalue weighted by Crippen LogP contribution is 2.16. The molecule has 0 saturated heterocycles. The van der Waals surface area contributed by atoms with E-state index in [1.54, 1.807) is 12.1 Å². The number of hydrogen-bond acceptors (Lipinski definition) is 6. The molecule has 0 fully saturated rings. The largest absolute Gasteiger partial charge is 0.491 e. The molecule has 0 aliphatic carbocycles. The third-order valence-electron chi connectivity index (χ3n) is 3.50. The highest BCUT2D eigenvalue weighted by Gasteiger charge is 2.06. The summed E-state index contributed by atoms with van der Waals surface area (Å²) in [5.74, 6) is 0.742. The predicted molar refractivity (Wildman–Crippen MR) is 97.1 cm³/mol. The topological polar surface area (TPSA) is 96.7 Å². The molecule has 7 nitrogen and oxygen atoms in total. The number of hydrogen-bond donors (Lipinski definition) is 3. The number of aliphatic hydroxyl groups is 1. The van der Waals surface area contributed by atoms with Crippen molar-refractivity contribution in [3.8, 4) is 5.75 Å². The molecule has 0 bridgehead atoms. The van der Waals surface area contributed by atoms with E-state index in [0.717, 1.165) is 11.3 Å². The SMILES string of the molecule is Cc1cccc(OCC(O)CNCCNc2cccc([N+](=O)[O-])c2)c1. The lowest BCUT2D eigenvalue weighted by molar-refractivity contribution is -0.384. The molecule has 134 valence electrons. The Bertz CT molecular complexity index is 694. The number of ether oxygens (including phenoxy) is 1. The van der Waals surface area contributed by atoms with Gasteiger partial charge in [0.2, 0.25) is 0 Å². The number of anilines is 1. The smallest absolute Gasteiger partial charge is 0.271 e. The van der Waals surface area contributed by atoms with Crippen LogP contribution in [0.5, 0.6) is 5.75 Å². The molecule has 0 aromatic heterocycles. The van der Waals surface area contributed by atoms with Crippen LogP contribution in [0.2, 0.25) is 0 Å². The van der Waals surface area contributed by atoms with Crippen LogP contribution in [0.1, 0.15) is 5.56 Å². The van der Waals surface area contributed by atoms with Crippen molar-refractivity contribution in [1.29, 1.82) is 0 Å². The van der Waals surface area contributed by atoms with Crippen molar-refractivity contribution in [2.24, 2.45) is 0 Å². The van der Waals surface area contributed by atoms with Gasteiger partial charge in [-0.2, -0.15) is 0 Å². The average molecular weight is 345 g/mol. The van der Waals surface area contributed by atoms with E-state index in [-0.39, 0.29) is 12.3 Å². The summed E-state index contributed by atoms with van der Waals surface area (Å²) < 4.78 is 5.54. The van der Waals surface area contributed by atoms with Gasteiger partial charge >= 0.3 is 0 Å². The molecule has 0 radical (unpaired) electrons. The molecule has 0 spiro atoms. The molecule has 0 saturated carbocycles. The molecule has 0 aliphatic rings. The number of nitrogens with zero attached hydrogens (tertiary/aromatic N) is 1. The van der Waals surface area contributed by atoms with E-state index in [0.29, 0.717) is 25.3 Å². The minimum Gasteiger partial charge on any atom is -0.491 e. The number of nitro benzene ring substituents is 1. The number of nitrogens with one attached hydrogen (secondary N) is 2. The Labute approximate surface area is 146 Å². The molecule has 0 heterocycles. The Balaban J connectivity index is 1.61. The first-order chi connectivity index (χ1) is 12.0. The maximum Gasteiger partial charge on any atom is 0.271 e. The minimum atomic E-state index is -0.613. The molecule has 2 rings (SSSR count). The van der Waals surface area contributed by atoms with Gasteiger partial charge in [0.25, 0.3) is 5.69 Å². The summed E-state index contributed by atoms with van der Waals surface area (Å²) in [6.45, 7) is 3.81. The number of aryl methyl sites for hydroxylation is 1. The number of nitro groups is 1. The van der Waals surface area contributed by atoms with E-state index in [1.807, 2.05) is 31.2 Å². The van der Waals surface area contributed by atoms with Crippen molar-refractivity contribution < 1.29 is 14.8 Å². The molecular weight excluding hydrogens is 322 g/mol. The number of aliphatic hydroxyl groups excluding tert-OH is 1. The fourth-order valence-electron chi connectivity index (χ4n) is 2.25. The summed E-state index contributed by atoms with van der Waals surface area (Å²) in [5, 5.41) is 26.8. The first-order valence-electron chi connectivity index (χ1n) is 8.11. The quantitative estimate of drug-likeness (QED) is 0.347. The van der Waals surface area contributed by atoms with Gasteiger partial charge < -0.3 is 20.5 Å². The Morgan fingerprint density at radius 2 is 2.00 bits per heavy atom. The van der Waals surface area contributed by atoms with Crippen LogP contribution in [-0.4, -0.2) is 42.4 Å². The molecule has 2 aromatic carbocycles. The Morgan fingerprint density at radius 1 is 1.20 bits per heavy atom. The second kappa shape index (κ2) is 9.61. The van der Waals surface area contributed by atoms with E-state index >= 15 is 0 Å². The van der Waals surface area contributed by atoms with E-state index in [1.165, 1.54) is 12.1 Å². The molecule has 2 aromatic rings. The normalized spacial score (nSPS) is 11.8. The first kappa shape index (κ1) is 18.7. The average Bonchev–Trinajstić information content (AvgIpc) is 2.60. The van der Waals surface area contributed by atoms with Crippen LogP contribution in [0.4, 0.5) is 11.4 Å². The number of benzene rings is 2. The summed E-state index contributed by atoms with van der Waals surface area (Å²) in [5.41, 5.74) is 1.86. The lowest BCUT2D eigenvalue weighted by atomic mass is 10.2. The van der Waals surface area contributed by atoms with Crippen molar-refractivity contribution in [2.45, 2.75) is 13.0 Å². The maximum absolute atomic E-state index is 10.7. The molecule has 0 amide bonds. The van der Waals surface area contributed by atoms with Crippen LogP contribution >= 0.6 is 0 Å². The first-order valence-corrected chi connectivity index (χ1v) is 8.11. The van der Waals surface area contributed by atoms with Crippen LogP contribution in [0.25, 0.3) is 0 Å². The highest BCUT2D eigenvalue weighted by molar-refractivity contribution is 5.50. The standard InChI is InChI=1S/C18H23N3O4/c1-14-4-2-7-18(10-14)25-13-17(22)12-19-8-9-20-15-5-3-6-16(11-15)21(23)24/h2-7,10-11,17,19-20,22H,8-9,12-13H2,1H3. The van der Waals surface area contributed by atoms with Crippen molar-refractivity contribution in [3.05, 3.63) is 64.2 Å². The third-order valence-corrected chi connectivity index (χ3v) is 3.50. The zero-order chi connectivity index (χ0) is 18.1. The van der Waals surface area contributed by atoms with Gasteiger partial charge in [0.05, 0.1) is 4.92 Å². The molecule has 0 aliphatic heterocycles. The minimum absolute atomic E-state index is 0.0571. The molecule has 3 N–H and O–H groups in total. The van der Waals surface area contributed by atoms with Crippen molar-refractivity contribution in [1.82, 2.24) is 5.32 Å². The Kier molecular flexibility index (Phi) is 7.18. The van der Waals surface area contributed by atoms with Gasteiger partial charge in [0.15, 0.2) is 0 Å². The van der Waals surface area contributed by atoms with Crippen LogP contribution in [-0.2, 0) is 0 Å². The zero-order valence-electron chi connectivity index (χ0n) is 14.1. The molecule has 1 unspecified atom stereocenters. The van der Waals surface area contributed by atoms with Gasteiger partial charge in [-0.1, -0.05) is 18.2 Å². The fraction of sp³-hybridized carbons (Fsp3) is 0.333. The fourth-order valence-corrected chi connectivity index (χ4v) is 2.25. The summed E-state index contributed by atoms with van der Waals surface area (Å²) in [4.78, 5) is 10.3. The third kappa shape index (κ3) is 6.78. The van der Waals surface area contributed by atoms with Crippen molar-refractivity contribution >= 4 is 11.4 Å². The van der Waals surface area contributed by atoms with Crippen LogP contribution < -0.4 is 15.4 Å². The van der Waals surface area contributed by atoms with Gasteiger partial charge in [-0.05, 0) is 30.7 Å². The lowest BCUT2D eigenvalue weighted by Gasteiger charge is -2.14. The highest BCUT2D eigenvalue weighted by atomic mass is 16.6.